The number of hydrogen-bond acceptors (Lipinski definition) is 4. The van der Waals surface area contributed by atoms with Gasteiger partial charge in [0.05, 0.1) is 11.5 Å². The molecule has 16 heavy (non-hydrogen) atoms. The van der Waals surface area contributed by atoms with Gasteiger partial charge >= 0.3 is 5.97 Å². The molecule has 1 atom stereocenters. The number of carbonyl (C=O) groups excluding carboxylic acids is 1. The molecular formula is C10H13N3O3. The highest BCUT2D eigenvalue weighted by Crippen LogP contribution is 2.25. The summed E-state index contributed by atoms with van der Waals surface area (Å²) in [7, 11) is 0. The van der Waals surface area contributed by atoms with E-state index in [1.165, 1.54) is 12.3 Å². The molecule has 0 bridgehead atoms. The van der Waals surface area contributed by atoms with Crippen LogP contribution in [0.15, 0.2) is 12.3 Å². The number of carboxylic acid groups (broad SMARTS) is 1. The van der Waals surface area contributed by atoms with Crippen molar-refractivity contribution in [1.29, 1.82) is 0 Å². The Bertz CT molecular complexity index is 431. The van der Waals surface area contributed by atoms with Crippen molar-refractivity contribution in [2.75, 3.05) is 5.73 Å². The van der Waals surface area contributed by atoms with Crippen LogP contribution in [-0.2, 0) is 4.79 Å². The number of primary amides is 1. The lowest BCUT2D eigenvalue weighted by molar-refractivity contribution is -0.138. The number of aromatic nitrogens is 1. The van der Waals surface area contributed by atoms with Crippen LogP contribution in [0.25, 0.3) is 0 Å². The Hall–Kier alpha value is -2.11. The first-order chi connectivity index (χ1) is 7.49. The molecule has 1 aromatic heterocycles. The number of carboxylic acids is 1. The van der Waals surface area contributed by atoms with Crippen LogP contribution in [0.2, 0.25) is 0 Å². The van der Waals surface area contributed by atoms with Crippen LogP contribution in [0, 0.1) is 0 Å². The third-order valence-corrected chi connectivity index (χ3v) is 2.34. The first-order valence-electron chi connectivity index (χ1n) is 4.76. The molecule has 0 radical (unpaired) electrons. The van der Waals surface area contributed by atoms with Gasteiger partial charge in [-0.3, -0.25) is 9.59 Å². The molecule has 0 spiro atoms. The van der Waals surface area contributed by atoms with Crippen molar-refractivity contribution < 1.29 is 14.7 Å². The van der Waals surface area contributed by atoms with Crippen molar-refractivity contribution in [3.8, 4) is 0 Å². The van der Waals surface area contributed by atoms with Crippen LogP contribution in [0.1, 0.15) is 35.2 Å². The molecule has 0 saturated carbocycles. The lowest BCUT2D eigenvalue weighted by Gasteiger charge is -2.14. The van der Waals surface area contributed by atoms with E-state index in [-0.39, 0.29) is 11.4 Å². The number of pyridine rings is 1. The summed E-state index contributed by atoms with van der Waals surface area (Å²) in [6.07, 6.45) is 1.71. The molecular weight excluding hydrogens is 210 g/mol. The van der Waals surface area contributed by atoms with Gasteiger partial charge in [-0.2, -0.15) is 0 Å². The third kappa shape index (κ3) is 2.10. The number of anilines is 1. The van der Waals surface area contributed by atoms with Crippen LogP contribution in [0.4, 0.5) is 5.82 Å². The van der Waals surface area contributed by atoms with E-state index in [2.05, 4.69) is 4.98 Å². The lowest BCUT2D eigenvalue weighted by atomic mass is 9.92. The molecule has 0 aliphatic carbocycles. The minimum atomic E-state index is -1.02. The van der Waals surface area contributed by atoms with E-state index in [1.54, 1.807) is 6.92 Å². The van der Waals surface area contributed by atoms with Crippen LogP contribution in [-0.4, -0.2) is 22.0 Å². The van der Waals surface area contributed by atoms with E-state index < -0.39 is 17.8 Å². The zero-order chi connectivity index (χ0) is 12.3. The van der Waals surface area contributed by atoms with Crippen molar-refractivity contribution in [2.24, 2.45) is 5.73 Å². The van der Waals surface area contributed by atoms with Crippen molar-refractivity contribution in [3.63, 3.8) is 0 Å². The fraction of sp³-hybridized carbons (Fsp3) is 0.300. The Morgan fingerprint density at radius 3 is 2.62 bits per heavy atom. The molecule has 1 unspecified atom stereocenters. The van der Waals surface area contributed by atoms with Crippen LogP contribution in [0.5, 0.6) is 0 Å². The number of nitrogens with zero attached hydrogens (tertiary/aromatic N) is 1. The lowest BCUT2D eigenvalue weighted by Crippen LogP contribution is -2.21. The van der Waals surface area contributed by atoms with E-state index in [0.717, 1.165) is 0 Å². The summed E-state index contributed by atoms with van der Waals surface area (Å²) < 4.78 is 0. The largest absolute Gasteiger partial charge is 0.481 e. The highest BCUT2D eigenvalue weighted by atomic mass is 16.4. The highest BCUT2D eigenvalue weighted by Gasteiger charge is 2.24. The third-order valence-electron chi connectivity index (χ3n) is 2.34. The Balaban J connectivity index is 3.37. The van der Waals surface area contributed by atoms with Crippen LogP contribution < -0.4 is 11.5 Å². The minimum absolute atomic E-state index is 0.00301. The van der Waals surface area contributed by atoms with Gasteiger partial charge in [0.1, 0.15) is 5.82 Å². The summed E-state index contributed by atoms with van der Waals surface area (Å²) in [6.45, 7) is 1.71. The van der Waals surface area contributed by atoms with Gasteiger partial charge in [-0.15, -0.1) is 0 Å². The van der Waals surface area contributed by atoms with Crippen LogP contribution >= 0.6 is 0 Å². The number of nitrogen functional groups attached to an aromatic ring is 1. The second kappa shape index (κ2) is 4.61. The molecule has 0 fully saturated rings. The van der Waals surface area contributed by atoms with Crippen molar-refractivity contribution in [3.05, 3.63) is 23.4 Å². The van der Waals surface area contributed by atoms with Gasteiger partial charge in [0, 0.05) is 6.20 Å². The number of rotatable bonds is 4. The molecule has 1 heterocycles. The highest BCUT2D eigenvalue weighted by molar-refractivity contribution is 6.00. The standard InChI is InChI=1S/C10H13N3O3/c1-2-5(10(15)16)6-3-4-13-8(11)7(6)9(12)14/h3-5H,2H2,1H3,(H2,11,13)(H2,12,14)(H,15,16). The average molecular weight is 223 g/mol. The Morgan fingerprint density at radius 2 is 2.19 bits per heavy atom. The number of nitrogens with two attached hydrogens (primary N) is 2. The quantitative estimate of drug-likeness (QED) is 0.679. The second-order valence-corrected chi connectivity index (χ2v) is 3.32. The van der Waals surface area contributed by atoms with Gasteiger partial charge in [0.25, 0.3) is 5.91 Å². The summed E-state index contributed by atoms with van der Waals surface area (Å²) >= 11 is 0. The molecule has 6 heteroatoms. The number of carbonyl (C=O) groups is 2. The van der Waals surface area contributed by atoms with Gasteiger partial charge in [-0.25, -0.2) is 4.98 Å². The smallest absolute Gasteiger partial charge is 0.310 e. The zero-order valence-electron chi connectivity index (χ0n) is 8.80. The summed E-state index contributed by atoms with van der Waals surface area (Å²) in [5, 5.41) is 9.01. The molecule has 5 N–H and O–H groups in total. The maximum absolute atomic E-state index is 11.2. The molecule has 6 nitrogen and oxygen atoms in total. The van der Waals surface area contributed by atoms with Crippen LogP contribution in [0.3, 0.4) is 0 Å². The van der Waals surface area contributed by atoms with Gasteiger partial charge in [-0.05, 0) is 18.1 Å². The van der Waals surface area contributed by atoms with E-state index in [0.29, 0.717) is 12.0 Å². The maximum atomic E-state index is 11.2. The maximum Gasteiger partial charge on any atom is 0.310 e. The average Bonchev–Trinajstić information content (AvgIpc) is 2.17. The second-order valence-electron chi connectivity index (χ2n) is 3.32. The van der Waals surface area contributed by atoms with E-state index in [4.69, 9.17) is 16.6 Å². The number of amides is 1. The summed E-state index contributed by atoms with van der Waals surface area (Å²) in [4.78, 5) is 25.9. The van der Waals surface area contributed by atoms with Gasteiger partial charge in [0.15, 0.2) is 0 Å². The van der Waals surface area contributed by atoms with E-state index in [9.17, 15) is 9.59 Å². The molecule has 0 saturated heterocycles. The van der Waals surface area contributed by atoms with Crippen molar-refractivity contribution >= 4 is 17.7 Å². The zero-order valence-corrected chi connectivity index (χ0v) is 8.80. The normalized spacial score (nSPS) is 12.1. The summed E-state index contributed by atoms with van der Waals surface area (Å²) in [5.74, 6) is -2.62. The Labute approximate surface area is 92.3 Å². The molecule has 1 rings (SSSR count). The van der Waals surface area contributed by atoms with Crippen molar-refractivity contribution in [2.45, 2.75) is 19.3 Å². The van der Waals surface area contributed by atoms with Gasteiger partial charge in [-0.1, -0.05) is 6.92 Å². The monoisotopic (exact) mass is 223 g/mol. The van der Waals surface area contributed by atoms with Gasteiger partial charge in [0.2, 0.25) is 0 Å². The summed E-state index contributed by atoms with van der Waals surface area (Å²) in [5.41, 5.74) is 11.0. The fourth-order valence-electron chi connectivity index (χ4n) is 1.58. The predicted molar refractivity (Wildman–Crippen MR) is 57.8 cm³/mol. The topological polar surface area (TPSA) is 119 Å². The molecule has 1 amide bonds. The molecule has 1 aromatic rings. The van der Waals surface area contributed by atoms with Crippen molar-refractivity contribution in [1.82, 2.24) is 4.98 Å². The Morgan fingerprint density at radius 1 is 1.56 bits per heavy atom. The van der Waals surface area contributed by atoms with E-state index >= 15 is 0 Å². The number of aliphatic carboxylic acids is 1. The molecule has 0 aliphatic heterocycles. The fourth-order valence-corrected chi connectivity index (χ4v) is 1.58. The minimum Gasteiger partial charge on any atom is -0.481 e. The first kappa shape index (κ1) is 12.0. The van der Waals surface area contributed by atoms with E-state index in [1.807, 2.05) is 0 Å². The number of hydrogen-bond donors (Lipinski definition) is 3. The molecule has 86 valence electrons. The Kier molecular flexibility index (Phi) is 3.44. The predicted octanol–water partition coefficient (Wildman–Crippen LogP) is 0.341. The van der Waals surface area contributed by atoms with Gasteiger partial charge < -0.3 is 16.6 Å². The SMILES string of the molecule is CCC(C(=O)O)c1ccnc(N)c1C(N)=O. The first-order valence-corrected chi connectivity index (χ1v) is 4.76. The molecule has 0 aliphatic rings. The summed E-state index contributed by atoms with van der Waals surface area (Å²) in [6, 6.07) is 1.46. The molecule has 0 aromatic carbocycles.